The maximum Gasteiger partial charge on any atom is 0.335 e. The average Bonchev–Trinajstić information content (AvgIpc) is 2.99. The lowest BCUT2D eigenvalue weighted by Crippen LogP contribution is -2.61. The quantitative estimate of drug-likeness (QED) is 0.148. The lowest BCUT2D eigenvalue weighted by atomic mass is 9.95. The number of ether oxygens (including phenoxy) is 2. The molecule has 220 valence electrons. The second kappa shape index (κ2) is 10.6. The predicted octanol–water partition coefficient (Wildman–Crippen LogP) is 2.67. The number of aliphatic hydroxyl groups is 3. The molecule has 43 heavy (non-hydrogen) atoms. The zero-order chi connectivity index (χ0) is 30.6. The van der Waals surface area contributed by atoms with Crippen molar-refractivity contribution in [1.29, 1.82) is 0 Å². The molecule has 1 aliphatic heterocycles. The van der Waals surface area contributed by atoms with Crippen molar-refractivity contribution in [2.75, 3.05) is 0 Å². The topological polar surface area (TPSA) is 207 Å². The van der Waals surface area contributed by atoms with E-state index in [2.05, 4.69) is 0 Å². The van der Waals surface area contributed by atoms with Gasteiger partial charge < -0.3 is 49.6 Å². The Bertz CT molecular complexity index is 1950. The number of aliphatic carboxylic acids is 1. The molecule has 0 radical (unpaired) electrons. The predicted molar refractivity (Wildman–Crippen MR) is 151 cm³/mol. The lowest BCUT2D eigenvalue weighted by molar-refractivity contribution is -0.271. The van der Waals surface area contributed by atoms with E-state index in [0.29, 0.717) is 16.7 Å². The normalized spacial score (nSPS) is 22.1. The summed E-state index contributed by atoms with van der Waals surface area (Å²) in [4.78, 5) is 24.6. The lowest BCUT2D eigenvalue weighted by Gasteiger charge is -2.38. The second-order valence-electron chi connectivity index (χ2n) is 10.1. The maximum atomic E-state index is 13.2. The summed E-state index contributed by atoms with van der Waals surface area (Å²) >= 11 is 0. The highest BCUT2D eigenvalue weighted by molar-refractivity contribution is 5.93. The summed E-state index contributed by atoms with van der Waals surface area (Å²) in [6.45, 7) is 0. The van der Waals surface area contributed by atoms with Crippen LogP contribution in [0.2, 0.25) is 0 Å². The van der Waals surface area contributed by atoms with E-state index >= 15 is 0 Å². The minimum absolute atomic E-state index is 0.0358. The molecule has 5 aromatic rings. The minimum atomic E-state index is -1.98. The number of phenols is 3. The van der Waals surface area contributed by atoms with Crippen LogP contribution in [0.5, 0.6) is 23.0 Å². The third-order valence-corrected chi connectivity index (χ3v) is 7.32. The molecular formula is C31H24O12. The van der Waals surface area contributed by atoms with Crippen LogP contribution in [0.1, 0.15) is 0 Å². The molecule has 0 saturated carbocycles. The van der Waals surface area contributed by atoms with Crippen LogP contribution >= 0.6 is 0 Å². The van der Waals surface area contributed by atoms with Crippen molar-refractivity contribution in [3.63, 3.8) is 0 Å². The molecule has 0 bridgehead atoms. The number of carboxylic acids is 1. The van der Waals surface area contributed by atoms with E-state index in [4.69, 9.17) is 13.9 Å². The molecule has 0 amide bonds. The molecular weight excluding hydrogens is 564 g/mol. The standard InChI is InChI=1S/C31H24O12/c32-16-7-8-17(18(10-16)15-6-5-13-3-1-2-4-14(13)9-15)20-11-19(33)23-21(41-20)12-22(24(34)25(23)35)42-31-28(38)26(36)27(37)29(43-31)30(39)40/h1-12,26-29,31-32,34-38H,(H,39,40)/t26-,27-,28+,29-,31-/m0/s1. The average molecular weight is 589 g/mol. The summed E-state index contributed by atoms with van der Waals surface area (Å²) in [6.07, 6.45) is -9.80. The molecule has 5 atom stereocenters. The van der Waals surface area contributed by atoms with Crippen LogP contribution in [0.15, 0.2) is 82.0 Å². The molecule has 1 fully saturated rings. The largest absolute Gasteiger partial charge is 0.508 e. The summed E-state index contributed by atoms with van der Waals surface area (Å²) in [6, 6.07) is 20.0. The van der Waals surface area contributed by atoms with Crippen LogP contribution in [0.3, 0.4) is 0 Å². The number of rotatable bonds is 5. The van der Waals surface area contributed by atoms with Crippen molar-refractivity contribution >= 4 is 27.7 Å². The molecule has 12 heteroatoms. The van der Waals surface area contributed by atoms with E-state index < -0.39 is 64.7 Å². The van der Waals surface area contributed by atoms with E-state index in [1.54, 1.807) is 6.07 Å². The van der Waals surface area contributed by atoms with Gasteiger partial charge in [-0.05, 0) is 46.2 Å². The van der Waals surface area contributed by atoms with Crippen molar-refractivity contribution in [2.45, 2.75) is 30.7 Å². The van der Waals surface area contributed by atoms with Gasteiger partial charge in [-0.3, -0.25) is 4.79 Å². The number of aliphatic hydroxyl groups excluding tert-OH is 3. The monoisotopic (exact) mass is 588 g/mol. The van der Waals surface area contributed by atoms with Gasteiger partial charge in [0, 0.05) is 17.7 Å². The first-order valence-electron chi connectivity index (χ1n) is 13.0. The Kier molecular flexibility index (Phi) is 6.90. The summed E-state index contributed by atoms with van der Waals surface area (Å²) in [7, 11) is 0. The Labute approximate surface area is 241 Å². The summed E-state index contributed by atoms with van der Waals surface area (Å²) in [5, 5.41) is 72.7. The number of hydrogen-bond donors (Lipinski definition) is 7. The van der Waals surface area contributed by atoms with Crippen molar-refractivity contribution in [3.05, 3.63) is 83.0 Å². The Balaban J connectivity index is 1.45. The fourth-order valence-electron chi connectivity index (χ4n) is 5.11. The van der Waals surface area contributed by atoms with Gasteiger partial charge in [0.1, 0.15) is 40.8 Å². The van der Waals surface area contributed by atoms with Gasteiger partial charge in [0.05, 0.1) is 0 Å². The van der Waals surface area contributed by atoms with Crippen LogP contribution < -0.4 is 10.2 Å². The molecule has 6 rings (SSSR count). The Morgan fingerprint density at radius 3 is 2.26 bits per heavy atom. The molecule has 2 heterocycles. The number of benzene rings is 4. The molecule has 0 aliphatic carbocycles. The number of carboxylic acid groups (broad SMARTS) is 1. The highest BCUT2D eigenvalue weighted by Crippen LogP contribution is 2.43. The smallest absolute Gasteiger partial charge is 0.335 e. The van der Waals surface area contributed by atoms with Gasteiger partial charge in [-0.1, -0.05) is 36.4 Å². The maximum absolute atomic E-state index is 13.2. The molecule has 7 N–H and O–H groups in total. The minimum Gasteiger partial charge on any atom is -0.508 e. The second-order valence-corrected chi connectivity index (χ2v) is 10.1. The molecule has 1 aromatic heterocycles. The highest BCUT2D eigenvalue weighted by Gasteiger charge is 2.48. The van der Waals surface area contributed by atoms with Crippen LogP contribution in [0.4, 0.5) is 0 Å². The van der Waals surface area contributed by atoms with Crippen LogP contribution in [-0.2, 0) is 9.53 Å². The summed E-state index contributed by atoms with van der Waals surface area (Å²) in [5.41, 5.74) is 0.660. The summed E-state index contributed by atoms with van der Waals surface area (Å²) < 4.78 is 16.5. The van der Waals surface area contributed by atoms with E-state index in [1.165, 1.54) is 12.1 Å². The van der Waals surface area contributed by atoms with Crippen molar-refractivity contribution in [2.24, 2.45) is 0 Å². The number of hydrogen-bond acceptors (Lipinski definition) is 11. The highest BCUT2D eigenvalue weighted by atomic mass is 16.7. The van der Waals surface area contributed by atoms with E-state index in [1.807, 2.05) is 42.5 Å². The molecule has 12 nitrogen and oxygen atoms in total. The Morgan fingerprint density at radius 1 is 0.767 bits per heavy atom. The number of carbonyl (C=O) groups is 1. The van der Waals surface area contributed by atoms with E-state index in [0.717, 1.165) is 22.9 Å². The molecule has 1 aliphatic rings. The first-order chi connectivity index (χ1) is 20.5. The van der Waals surface area contributed by atoms with Crippen molar-refractivity contribution < 1.29 is 54.4 Å². The third-order valence-electron chi connectivity index (χ3n) is 7.32. The van der Waals surface area contributed by atoms with Gasteiger partial charge in [0.25, 0.3) is 0 Å². The zero-order valence-corrected chi connectivity index (χ0v) is 22.0. The molecule has 4 aromatic carbocycles. The first-order valence-corrected chi connectivity index (χ1v) is 13.0. The Morgan fingerprint density at radius 2 is 1.51 bits per heavy atom. The first kappa shape index (κ1) is 28.0. The van der Waals surface area contributed by atoms with E-state index in [-0.39, 0.29) is 17.1 Å². The van der Waals surface area contributed by atoms with Gasteiger partial charge >= 0.3 is 5.97 Å². The van der Waals surface area contributed by atoms with E-state index in [9.17, 15) is 45.3 Å². The van der Waals surface area contributed by atoms with Crippen LogP contribution in [-0.4, -0.2) is 72.4 Å². The van der Waals surface area contributed by atoms with Crippen LogP contribution in [0.25, 0.3) is 44.2 Å². The molecule has 0 spiro atoms. The fraction of sp³-hybridized carbons (Fsp3) is 0.161. The van der Waals surface area contributed by atoms with Crippen molar-refractivity contribution in [3.8, 4) is 45.4 Å². The Hall–Kier alpha value is -5.14. The number of fused-ring (bicyclic) bond motifs is 2. The van der Waals surface area contributed by atoms with Gasteiger partial charge in [0.15, 0.2) is 23.0 Å². The number of phenolic OH excluding ortho intramolecular Hbond substituents is 3. The van der Waals surface area contributed by atoms with Crippen molar-refractivity contribution in [1.82, 2.24) is 0 Å². The SMILES string of the molecule is O=C(O)[C@H]1O[C@H](Oc2cc3oc(-c4ccc(O)cc4-c4ccc5ccccc5c4)cc(=O)c3c(O)c2O)[C@H](O)[C@@H](O)[C@@H]1O. The van der Waals surface area contributed by atoms with Crippen LogP contribution in [0, 0.1) is 0 Å². The fourth-order valence-corrected chi connectivity index (χ4v) is 5.11. The molecule has 0 unspecified atom stereocenters. The van der Waals surface area contributed by atoms with Gasteiger partial charge in [-0.2, -0.15) is 0 Å². The van der Waals surface area contributed by atoms with Gasteiger partial charge in [-0.25, -0.2) is 4.79 Å². The zero-order valence-electron chi connectivity index (χ0n) is 22.0. The van der Waals surface area contributed by atoms with Gasteiger partial charge in [-0.15, -0.1) is 0 Å². The summed E-state index contributed by atoms with van der Waals surface area (Å²) in [5.74, 6) is -4.10. The van der Waals surface area contributed by atoms with Gasteiger partial charge in [0.2, 0.25) is 12.0 Å². The number of aromatic hydroxyl groups is 3. The molecule has 1 saturated heterocycles. The third kappa shape index (κ3) is 4.87.